The van der Waals surface area contributed by atoms with Crippen molar-refractivity contribution in [3.63, 3.8) is 0 Å². The van der Waals surface area contributed by atoms with Crippen LogP contribution in [0.2, 0.25) is 0 Å². The largest absolute Gasteiger partial charge is 0.493 e. The lowest BCUT2D eigenvalue weighted by Gasteiger charge is -2.14. The van der Waals surface area contributed by atoms with Crippen LogP contribution in [0.1, 0.15) is 22.3 Å². The minimum Gasteiger partial charge on any atom is -0.493 e. The summed E-state index contributed by atoms with van der Waals surface area (Å²) >= 11 is 0. The first kappa shape index (κ1) is 21.5. The van der Waals surface area contributed by atoms with E-state index in [0.29, 0.717) is 17.1 Å². The molecule has 0 spiro atoms. The van der Waals surface area contributed by atoms with E-state index in [1.54, 1.807) is 24.3 Å². The van der Waals surface area contributed by atoms with Gasteiger partial charge in [-0.05, 0) is 55.7 Å². The van der Waals surface area contributed by atoms with Gasteiger partial charge in [0.05, 0.1) is 7.11 Å². The molecule has 3 N–H and O–H groups in total. The van der Waals surface area contributed by atoms with Crippen molar-refractivity contribution in [1.29, 1.82) is 5.26 Å². The summed E-state index contributed by atoms with van der Waals surface area (Å²) in [6, 6.07) is 10.5. The second-order valence-electron chi connectivity index (χ2n) is 6.55. The van der Waals surface area contributed by atoms with Crippen LogP contribution in [-0.4, -0.2) is 25.5 Å². The third-order valence-electron chi connectivity index (χ3n) is 4.18. The van der Waals surface area contributed by atoms with Crippen molar-refractivity contribution in [2.45, 2.75) is 20.8 Å². The zero-order chi connectivity index (χ0) is 21.6. The minimum absolute atomic E-state index is 0.177. The number of rotatable bonds is 7. The zero-order valence-electron chi connectivity index (χ0n) is 16.8. The molecule has 0 aromatic heterocycles. The molecular formula is C22H23N3O4. The van der Waals surface area contributed by atoms with E-state index in [1.807, 2.05) is 32.9 Å². The highest BCUT2D eigenvalue weighted by Crippen LogP contribution is 2.29. The number of methoxy groups -OCH3 is 1. The Kier molecular flexibility index (Phi) is 6.99. The summed E-state index contributed by atoms with van der Waals surface area (Å²) in [6.45, 7) is 5.67. The first-order valence-electron chi connectivity index (χ1n) is 8.85. The Morgan fingerprint density at radius 1 is 1.14 bits per heavy atom. The summed E-state index contributed by atoms with van der Waals surface area (Å²) < 4.78 is 10.9. The molecule has 150 valence electrons. The molecule has 0 heterocycles. The normalized spacial score (nSPS) is 10.8. The molecule has 0 radical (unpaired) electrons. The van der Waals surface area contributed by atoms with Crippen molar-refractivity contribution in [2.75, 3.05) is 19.0 Å². The molecule has 29 heavy (non-hydrogen) atoms. The van der Waals surface area contributed by atoms with Crippen molar-refractivity contribution in [2.24, 2.45) is 5.73 Å². The number of hydrogen-bond donors (Lipinski definition) is 2. The van der Waals surface area contributed by atoms with Crippen LogP contribution in [-0.2, 0) is 9.59 Å². The Labute approximate surface area is 169 Å². The quantitative estimate of drug-likeness (QED) is 0.554. The molecule has 0 saturated heterocycles. The van der Waals surface area contributed by atoms with E-state index in [1.165, 1.54) is 13.2 Å². The average molecular weight is 393 g/mol. The fourth-order valence-corrected chi connectivity index (χ4v) is 2.91. The SMILES string of the molecule is COc1cc(/C=C(\C#N)C(N)=O)ccc1OCC(=O)Nc1c(C)cc(C)cc1C. The molecule has 7 heteroatoms. The third kappa shape index (κ3) is 5.59. The molecule has 0 saturated carbocycles. The summed E-state index contributed by atoms with van der Waals surface area (Å²) in [5.41, 5.74) is 9.36. The Morgan fingerprint density at radius 3 is 2.34 bits per heavy atom. The summed E-state index contributed by atoms with van der Waals surface area (Å²) in [5, 5.41) is 11.8. The maximum Gasteiger partial charge on any atom is 0.262 e. The van der Waals surface area contributed by atoms with Gasteiger partial charge >= 0.3 is 0 Å². The molecule has 2 rings (SSSR count). The molecular weight excluding hydrogens is 370 g/mol. The number of carbonyl (C=O) groups excluding carboxylic acids is 2. The maximum atomic E-state index is 12.3. The van der Waals surface area contributed by atoms with Crippen molar-refractivity contribution < 1.29 is 19.1 Å². The Balaban J connectivity index is 2.12. The summed E-state index contributed by atoms with van der Waals surface area (Å²) in [5.74, 6) is -0.400. The van der Waals surface area contributed by atoms with Gasteiger partial charge in [-0.3, -0.25) is 9.59 Å². The fourth-order valence-electron chi connectivity index (χ4n) is 2.91. The molecule has 0 bridgehead atoms. The summed E-state index contributed by atoms with van der Waals surface area (Å²) in [4.78, 5) is 23.5. The molecule has 0 aliphatic carbocycles. The maximum absolute atomic E-state index is 12.3. The number of aryl methyl sites for hydroxylation is 3. The third-order valence-corrected chi connectivity index (χ3v) is 4.18. The predicted octanol–water partition coefficient (Wildman–Crippen LogP) is 3.03. The van der Waals surface area contributed by atoms with Crippen molar-refractivity contribution in [3.05, 3.63) is 58.2 Å². The van der Waals surface area contributed by atoms with E-state index < -0.39 is 5.91 Å². The highest BCUT2D eigenvalue weighted by molar-refractivity contribution is 6.00. The number of nitrogens with one attached hydrogen (secondary N) is 1. The predicted molar refractivity (Wildman–Crippen MR) is 111 cm³/mol. The van der Waals surface area contributed by atoms with Gasteiger partial charge in [0.25, 0.3) is 11.8 Å². The lowest BCUT2D eigenvalue weighted by Crippen LogP contribution is -2.21. The number of ether oxygens (including phenoxy) is 2. The van der Waals surface area contributed by atoms with Crippen LogP contribution in [0.15, 0.2) is 35.9 Å². The van der Waals surface area contributed by atoms with Crippen LogP contribution in [0.5, 0.6) is 11.5 Å². The van der Waals surface area contributed by atoms with Gasteiger partial charge in [-0.15, -0.1) is 0 Å². The lowest BCUT2D eigenvalue weighted by atomic mass is 10.1. The number of anilines is 1. The van der Waals surface area contributed by atoms with Gasteiger partial charge in [0, 0.05) is 5.69 Å². The zero-order valence-corrected chi connectivity index (χ0v) is 16.8. The highest BCUT2D eigenvalue weighted by atomic mass is 16.5. The van der Waals surface area contributed by atoms with Gasteiger partial charge in [0.15, 0.2) is 18.1 Å². The van der Waals surface area contributed by atoms with E-state index in [0.717, 1.165) is 22.4 Å². The van der Waals surface area contributed by atoms with Gasteiger partial charge in [-0.1, -0.05) is 23.8 Å². The second-order valence-corrected chi connectivity index (χ2v) is 6.55. The monoisotopic (exact) mass is 393 g/mol. The number of nitriles is 1. The number of amides is 2. The van der Waals surface area contributed by atoms with Crippen LogP contribution < -0.4 is 20.5 Å². The number of carbonyl (C=O) groups is 2. The van der Waals surface area contributed by atoms with E-state index in [-0.39, 0.29) is 18.1 Å². The van der Waals surface area contributed by atoms with E-state index in [2.05, 4.69) is 5.32 Å². The van der Waals surface area contributed by atoms with Gasteiger partial charge in [-0.25, -0.2) is 0 Å². The average Bonchev–Trinajstić information content (AvgIpc) is 2.67. The number of benzene rings is 2. The first-order chi connectivity index (χ1) is 13.7. The van der Waals surface area contributed by atoms with Crippen molar-refractivity contribution >= 4 is 23.6 Å². The van der Waals surface area contributed by atoms with Gasteiger partial charge < -0.3 is 20.5 Å². The lowest BCUT2D eigenvalue weighted by molar-refractivity contribution is -0.118. The van der Waals surface area contributed by atoms with Crippen LogP contribution in [0.4, 0.5) is 5.69 Å². The van der Waals surface area contributed by atoms with Crippen LogP contribution >= 0.6 is 0 Å². The number of nitrogens with zero attached hydrogens (tertiary/aromatic N) is 1. The standard InChI is InChI=1S/C22H23N3O4/c1-13-7-14(2)21(15(3)8-13)25-20(26)12-29-18-6-5-16(10-19(18)28-4)9-17(11-23)22(24)27/h5-10H,12H2,1-4H3,(H2,24,27)(H,25,26)/b17-9+. The van der Waals surface area contributed by atoms with Crippen LogP contribution in [0.3, 0.4) is 0 Å². The summed E-state index contributed by atoms with van der Waals surface area (Å²) in [6.07, 6.45) is 1.35. The molecule has 0 unspecified atom stereocenters. The Hall–Kier alpha value is -3.79. The van der Waals surface area contributed by atoms with Crippen molar-refractivity contribution in [3.8, 4) is 17.6 Å². The number of nitrogens with two attached hydrogens (primary N) is 1. The van der Waals surface area contributed by atoms with E-state index in [4.69, 9.17) is 20.5 Å². The molecule has 0 aliphatic heterocycles. The van der Waals surface area contributed by atoms with Crippen molar-refractivity contribution in [1.82, 2.24) is 0 Å². The minimum atomic E-state index is -0.815. The number of primary amides is 1. The Morgan fingerprint density at radius 2 is 1.79 bits per heavy atom. The number of hydrogen-bond acceptors (Lipinski definition) is 5. The molecule has 0 atom stereocenters. The molecule has 2 aromatic rings. The van der Waals surface area contributed by atoms with E-state index in [9.17, 15) is 9.59 Å². The van der Waals surface area contributed by atoms with E-state index >= 15 is 0 Å². The topological polar surface area (TPSA) is 114 Å². The molecule has 0 fully saturated rings. The summed E-state index contributed by atoms with van der Waals surface area (Å²) in [7, 11) is 1.45. The van der Waals surface area contributed by atoms with Gasteiger partial charge in [0.2, 0.25) is 0 Å². The van der Waals surface area contributed by atoms with Gasteiger partial charge in [0.1, 0.15) is 11.6 Å². The van der Waals surface area contributed by atoms with Crippen LogP contribution in [0.25, 0.3) is 6.08 Å². The molecule has 7 nitrogen and oxygen atoms in total. The fraction of sp³-hybridized carbons (Fsp3) is 0.227. The highest BCUT2D eigenvalue weighted by Gasteiger charge is 2.12. The molecule has 0 aliphatic rings. The van der Waals surface area contributed by atoms with Gasteiger partial charge in [-0.2, -0.15) is 5.26 Å². The molecule has 2 amide bonds. The van der Waals surface area contributed by atoms with Crippen LogP contribution in [0, 0.1) is 32.1 Å². The Bertz CT molecular complexity index is 996. The molecule has 2 aromatic carbocycles. The second kappa shape index (κ2) is 9.42. The first-order valence-corrected chi connectivity index (χ1v) is 8.85. The smallest absolute Gasteiger partial charge is 0.262 e.